The minimum absolute atomic E-state index is 0.964. The third-order valence-electron chi connectivity index (χ3n) is 2.41. The zero-order valence-corrected chi connectivity index (χ0v) is 8.05. The van der Waals surface area contributed by atoms with E-state index in [-0.39, 0.29) is 0 Å². The molecule has 4 N–H and O–H groups in total. The number of nitrogens with one attached hydrogen (secondary N) is 4. The highest BCUT2D eigenvalue weighted by Crippen LogP contribution is 2.27. The molecule has 0 spiro atoms. The van der Waals surface area contributed by atoms with Crippen molar-refractivity contribution in [1.82, 2.24) is 21.3 Å². The van der Waals surface area contributed by atoms with Crippen LogP contribution in [-0.2, 0) is 0 Å². The van der Waals surface area contributed by atoms with E-state index in [0.717, 1.165) is 30.5 Å². The van der Waals surface area contributed by atoms with Gasteiger partial charge in [0, 0.05) is 6.54 Å². The Hall–Kier alpha value is -0.970. The van der Waals surface area contributed by atoms with Crippen LogP contribution in [0.15, 0.2) is 22.4 Å². The van der Waals surface area contributed by atoms with Gasteiger partial charge in [-0.05, 0) is 12.8 Å². The Labute approximate surface area is 81.2 Å². The van der Waals surface area contributed by atoms with Crippen molar-refractivity contribution < 1.29 is 0 Å². The summed E-state index contributed by atoms with van der Waals surface area (Å²) in [6.45, 7) is 1.07. The normalized spacial score (nSPS) is 25.2. The lowest BCUT2D eigenvalue weighted by molar-refractivity contribution is 0.572. The van der Waals surface area contributed by atoms with Gasteiger partial charge in [-0.15, -0.1) is 0 Å². The molecule has 0 aromatic carbocycles. The van der Waals surface area contributed by atoms with Crippen LogP contribution < -0.4 is 21.3 Å². The number of allylic oxidation sites excluding steroid dienone is 1. The van der Waals surface area contributed by atoms with Crippen LogP contribution in [-0.4, -0.2) is 12.4 Å². The molecule has 13 heavy (non-hydrogen) atoms. The first kappa shape index (κ1) is 7.44. The summed E-state index contributed by atoms with van der Waals surface area (Å²) >= 11 is 1.81. The molecule has 70 valence electrons. The second kappa shape index (κ2) is 2.77. The van der Waals surface area contributed by atoms with Crippen LogP contribution in [0.25, 0.3) is 0 Å². The fraction of sp³-hybridized carbons (Fsp3) is 0.500. The molecule has 0 unspecified atom stereocenters. The first-order valence-corrected chi connectivity index (χ1v) is 5.54. The fourth-order valence-corrected chi connectivity index (χ4v) is 2.57. The lowest BCUT2D eigenvalue weighted by atomic mass is 10.1. The Morgan fingerprint density at radius 2 is 2.08 bits per heavy atom. The number of hydrogen-bond acceptors (Lipinski definition) is 5. The molecule has 5 heteroatoms. The summed E-state index contributed by atoms with van der Waals surface area (Å²) in [7, 11) is 0. The minimum Gasteiger partial charge on any atom is -0.370 e. The van der Waals surface area contributed by atoms with Crippen molar-refractivity contribution in [3.05, 3.63) is 22.4 Å². The van der Waals surface area contributed by atoms with Crippen LogP contribution in [0.1, 0.15) is 12.8 Å². The molecule has 0 fully saturated rings. The van der Waals surface area contributed by atoms with Gasteiger partial charge in [0.2, 0.25) is 0 Å². The third-order valence-corrected chi connectivity index (χ3v) is 3.30. The predicted molar refractivity (Wildman–Crippen MR) is 53.2 cm³/mol. The van der Waals surface area contributed by atoms with Gasteiger partial charge in [-0.25, -0.2) is 0 Å². The summed E-state index contributed by atoms with van der Waals surface area (Å²) in [5.74, 6) is 3.24. The van der Waals surface area contributed by atoms with Crippen LogP contribution in [0.2, 0.25) is 0 Å². The van der Waals surface area contributed by atoms with Crippen molar-refractivity contribution in [2.24, 2.45) is 0 Å². The molecule has 0 atom stereocenters. The largest absolute Gasteiger partial charge is 0.370 e. The van der Waals surface area contributed by atoms with Gasteiger partial charge < -0.3 is 21.3 Å². The van der Waals surface area contributed by atoms with Gasteiger partial charge in [0.1, 0.15) is 16.7 Å². The van der Waals surface area contributed by atoms with E-state index in [2.05, 4.69) is 21.3 Å². The maximum Gasteiger partial charge on any atom is 0.136 e. The highest BCUT2D eigenvalue weighted by molar-refractivity contribution is 8.03. The summed E-state index contributed by atoms with van der Waals surface area (Å²) in [6.07, 6.45) is 2.36. The molecule has 0 radical (unpaired) electrons. The van der Waals surface area contributed by atoms with Crippen molar-refractivity contribution in [2.45, 2.75) is 12.8 Å². The molecule has 0 aromatic rings. The Balaban J connectivity index is 1.87. The van der Waals surface area contributed by atoms with Crippen molar-refractivity contribution in [3.63, 3.8) is 0 Å². The second-order valence-corrected chi connectivity index (χ2v) is 4.29. The molecule has 0 bridgehead atoms. The van der Waals surface area contributed by atoms with E-state index >= 15 is 0 Å². The lowest BCUT2D eigenvalue weighted by Gasteiger charge is -2.28. The van der Waals surface area contributed by atoms with Crippen LogP contribution in [0.5, 0.6) is 0 Å². The zero-order valence-electron chi connectivity index (χ0n) is 7.24. The molecular formula is C8H12N4S. The van der Waals surface area contributed by atoms with E-state index in [1.165, 1.54) is 17.1 Å². The predicted octanol–water partition coefficient (Wildman–Crippen LogP) is 0.152. The van der Waals surface area contributed by atoms with Crippen LogP contribution >= 0.6 is 11.8 Å². The van der Waals surface area contributed by atoms with Crippen LogP contribution in [0.4, 0.5) is 0 Å². The number of rotatable bonds is 0. The average Bonchev–Trinajstić information content (AvgIpc) is 2.61. The van der Waals surface area contributed by atoms with E-state index in [9.17, 15) is 0 Å². The van der Waals surface area contributed by atoms with E-state index in [1.807, 2.05) is 11.8 Å². The van der Waals surface area contributed by atoms with Gasteiger partial charge in [-0.2, -0.15) is 0 Å². The van der Waals surface area contributed by atoms with Gasteiger partial charge >= 0.3 is 0 Å². The maximum absolute atomic E-state index is 3.45. The van der Waals surface area contributed by atoms with Crippen molar-refractivity contribution in [3.8, 4) is 0 Å². The summed E-state index contributed by atoms with van der Waals surface area (Å²) < 4.78 is 0. The number of thioether (sulfide) groups is 1. The molecule has 0 saturated heterocycles. The van der Waals surface area contributed by atoms with Gasteiger partial charge in [0.05, 0.1) is 11.6 Å². The standard InChI is InChI=1S/C8H12N4S/c1-2-5-6(9-3-1)12-7-8(11-5)13-4-10-7/h9-12H,1-4H2. The Morgan fingerprint density at radius 3 is 3.08 bits per heavy atom. The smallest absolute Gasteiger partial charge is 0.136 e. The highest BCUT2D eigenvalue weighted by atomic mass is 32.2. The van der Waals surface area contributed by atoms with Gasteiger partial charge in [0.25, 0.3) is 0 Å². The van der Waals surface area contributed by atoms with Gasteiger partial charge in [-0.3, -0.25) is 0 Å². The topological polar surface area (TPSA) is 48.1 Å². The summed E-state index contributed by atoms with van der Waals surface area (Å²) in [6, 6.07) is 0. The highest BCUT2D eigenvalue weighted by Gasteiger charge is 2.24. The van der Waals surface area contributed by atoms with Crippen LogP contribution in [0.3, 0.4) is 0 Å². The Morgan fingerprint density at radius 1 is 1.08 bits per heavy atom. The van der Waals surface area contributed by atoms with Crippen molar-refractivity contribution in [1.29, 1.82) is 0 Å². The minimum atomic E-state index is 0.964. The molecule has 4 nitrogen and oxygen atoms in total. The van der Waals surface area contributed by atoms with Gasteiger partial charge in [0.15, 0.2) is 0 Å². The van der Waals surface area contributed by atoms with Crippen LogP contribution in [0, 0.1) is 0 Å². The van der Waals surface area contributed by atoms with Crippen molar-refractivity contribution >= 4 is 11.8 Å². The van der Waals surface area contributed by atoms with E-state index < -0.39 is 0 Å². The molecule has 3 aliphatic rings. The summed E-state index contributed by atoms with van der Waals surface area (Å²) in [4.78, 5) is 0. The Kier molecular flexibility index (Phi) is 1.58. The molecule has 3 aliphatic heterocycles. The molecular weight excluding hydrogens is 184 g/mol. The first-order chi connectivity index (χ1) is 6.43. The SMILES string of the molecule is C1CNC2=C(C1)NC1=C(NCS1)N2. The molecule has 0 saturated carbocycles. The lowest BCUT2D eigenvalue weighted by Crippen LogP contribution is -2.41. The van der Waals surface area contributed by atoms with E-state index in [0.29, 0.717) is 0 Å². The monoisotopic (exact) mass is 196 g/mol. The Bertz CT molecular complexity index is 279. The second-order valence-electron chi connectivity index (χ2n) is 3.30. The van der Waals surface area contributed by atoms with Crippen molar-refractivity contribution in [2.75, 3.05) is 12.4 Å². The first-order valence-electron chi connectivity index (χ1n) is 4.55. The molecule has 3 rings (SSSR count). The fourth-order valence-electron chi connectivity index (χ4n) is 1.75. The molecule has 0 amide bonds. The number of hydrogen-bond donors (Lipinski definition) is 4. The van der Waals surface area contributed by atoms with E-state index in [4.69, 9.17) is 0 Å². The molecule has 3 heterocycles. The third kappa shape index (κ3) is 1.14. The summed E-state index contributed by atoms with van der Waals surface area (Å²) in [5.41, 5.74) is 1.31. The quantitative estimate of drug-likeness (QED) is 0.444. The van der Waals surface area contributed by atoms with Gasteiger partial charge in [-0.1, -0.05) is 11.8 Å². The molecule has 0 aromatic heterocycles. The summed E-state index contributed by atoms with van der Waals surface area (Å²) in [5, 5.41) is 14.7. The maximum atomic E-state index is 3.45. The molecule has 0 aliphatic carbocycles. The van der Waals surface area contributed by atoms with E-state index in [1.54, 1.807) is 0 Å². The zero-order chi connectivity index (χ0) is 8.67. The average molecular weight is 196 g/mol.